The van der Waals surface area contributed by atoms with Crippen molar-refractivity contribution < 1.29 is 0 Å². The van der Waals surface area contributed by atoms with E-state index in [2.05, 4.69) is 41.4 Å². The third kappa shape index (κ3) is 5.33. The average Bonchev–Trinajstić information content (AvgIpc) is 2.70. The molecular weight excluding hydrogens is 232 g/mol. The predicted octanol–water partition coefficient (Wildman–Crippen LogP) is 2.87. The van der Waals surface area contributed by atoms with Crippen molar-refractivity contribution in [3.8, 4) is 0 Å². The molecule has 1 aromatic rings. The molecule has 19 heavy (non-hydrogen) atoms. The standard InChI is InChI=1S/C17H28N2/c1-2-5-16-7-9-17(10-8-16)6-3-13-19-14-4-11-18-12-15-19/h7-10,18H,2-6,11-15H2,1H3. The number of nitrogens with zero attached hydrogens (tertiary/aromatic N) is 1. The van der Waals surface area contributed by atoms with E-state index < -0.39 is 0 Å². The highest BCUT2D eigenvalue weighted by molar-refractivity contribution is 5.22. The van der Waals surface area contributed by atoms with Gasteiger partial charge in [0.1, 0.15) is 0 Å². The van der Waals surface area contributed by atoms with Gasteiger partial charge >= 0.3 is 0 Å². The highest BCUT2D eigenvalue weighted by Crippen LogP contribution is 2.09. The number of nitrogens with one attached hydrogen (secondary N) is 1. The minimum absolute atomic E-state index is 1.16. The normalized spacial score (nSPS) is 17.3. The Morgan fingerprint density at radius 1 is 1.00 bits per heavy atom. The maximum atomic E-state index is 3.46. The van der Waals surface area contributed by atoms with Crippen molar-refractivity contribution in [2.24, 2.45) is 0 Å². The lowest BCUT2D eigenvalue weighted by atomic mass is 10.0. The first-order chi connectivity index (χ1) is 9.38. The summed E-state index contributed by atoms with van der Waals surface area (Å²) in [5.74, 6) is 0. The zero-order valence-corrected chi connectivity index (χ0v) is 12.3. The molecule has 1 saturated heterocycles. The number of benzene rings is 1. The molecule has 0 bridgehead atoms. The summed E-state index contributed by atoms with van der Waals surface area (Å²) in [5.41, 5.74) is 2.97. The molecule has 0 aromatic heterocycles. The van der Waals surface area contributed by atoms with E-state index >= 15 is 0 Å². The monoisotopic (exact) mass is 260 g/mol. The van der Waals surface area contributed by atoms with Gasteiger partial charge in [0.25, 0.3) is 0 Å². The van der Waals surface area contributed by atoms with Crippen LogP contribution in [0.25, 0.3) is 0 Å². The molecule has 2 nitrogen and oxygen atoms in total. The van der Waals surface area contributed by atoms with Crippen molar-refractivity contribution in [1.29, 1.82) is 0 Å². The van der Waals surface area contributed by atoms with Gasteiger partial charge in [0.2, 0.25) is 0 Å². The fourth-order valence-corrected chi connectivity index (χ4v) is 2.79. The van der Waals surface area contributed by atoms with Gasteiger partial charge < -0.3 is 10.2 Å². The van der Waals surface area contributed by atoms with E-state index in [0.29, 0.717) is 0 Å². The summed E-state index contributed by atoms with van der Waals surface area (Å²) in [6, 6.07) is 9.23. The van der Waals surface area contributed by atoms with Crippen LogP contribution in [0.3, 0.4) is 0 Å². The van der Waals surface area contributed by atoms with Gasteiger partial charge in [-0.3, -0.25) is 0 Å². The Morgan fingerprint density at radius 2 is 1.74 bits per heavy atom. The van der Waals surface area contributed by atoms with E-state index in [1.165, 1.54) is 69.4 Å². The van der Waals surface area contributed by atoms with Gasteiger partial charge in [-0.15, -0.1) is 0 Å². The van der Waals surface area contributed by atoms with Gasteiger partial charge in [0.05, 0.1) is 0 Å². The van der Waals surface area contributed by atoms with Gasteiger partial charge in [0.15, 0.2) is 0 Å². The van der Waals surface area contributed by atoms with Crippen molar-refractivity contribution in [3.05, 3.63) is 35.4 Å². The van der Waals surface area contributed by atoms with E-state index in [9.17, 15) is 0 Å². The fourth-order valence-electron chi connectivity index (χ4n) is 2.79. The van der Waals surface area contributed by atoms with Crippen LogP contribution < -0.4 is 5.32 Å². The molecular formula is C17H28N2. The molecule has 1 heterocycles. The Bertz CT molecular complexity index is 337. The minimum Gasteiger partial charge on any atom is -0.315 e. The molecule has 0 amide bonds. The Labute approximate surface area is 118 Å². The van der Waals surface area contributed by atoms with Crippen LogP contribution in [-0.2, 0) is 12.8 Å². The maximum Gasteiger partial charge on any atom is 0.0107 e. The van der Waals surface area contributed by atoms with Gasteiger partial charge in [0, 0.05) is 13.1 Å². The zero-order chi connectivity index (χ0) is 13.3. The quantitative estimate of drug-likeness (QED) is 0.846. The van der Waals surface area contributed by atoms with E-state index in [1.54, 1.807) is 0 Å². The Kier molecular flexibility index (Phi) is 6.38. The summed E-state index contributed by atoms with van der Waals surface area (Å²) < 4.78 is 0. The van der Waals surface area contributed by atoms with Crippen molar-refractivity contribution in [3.63, 3.8) is 0 Å². The summed E-state index contributed by atoms with van der Waals surface area (Å²) in [6.07, 6.45) is 6.25. The maximum absolute atomic E-state index is 3.46. The highest BCUT2D eigenvalue weighted by Gasteiger charge is 2.07. The summed E-state index contributed by atoms with van der Waals surface area (Å²) >= 11 is 0. The summed E-state index contributed by atoms with van der Waals surface area (Å²) in [7, 11) is 0. The van der Waals surface area contributed by atoms with Crippen LogP contribution in [0.1, 0.15) is 37.3 Å². The number of hydrogen-bond donors (Lipinski definition) is 1. The SMILES string of the molecule is CCCc1ccc(CCCN2CCCNCC2)cc1. The molecule has 0 atom stereocenters. The van der Waals surface area contributed by atoms with Crippen LogP contribution in [0.2, 0.25) is 0 Å². The highest BCUT2D eigenvalue weighted by atomic mass is 15.1. The van der Waals surface area contributed by atoms with Crippen LogP contribution in [0.4, 0.5) is 0 Å². The number of rotatable bonds is 6. The lowest BCUT2D eigenvalue weighted by molar-refractivity contribution is 0.289. The topological polar surface area (TPSA) is 15.3 Å². The predicted molar refractivity (Wildman–Crippen MR) is 82.7 cm³/mol. The zero-order valence-electron chi connectivity index (χ0n) is 12.3. The fraction of sp³-hybridized carbons (Fsp3) is 0.647. The molecule has 1 fully saturated rings. The van der Waals surface area contributed by atoms with Crippen LogP contribution in [0.5, 0.6) is 0 Å². The molecule has 2 heteroatoms. The lowest BCUT2D eigenvalue weighted by Crippen LogP contribution is -2.29. The molecule has 0 unspecified atom stereocenters. The second-order valence-electron chi connectivity index (χ2n) is 5.62. The molecule has 1 aliphatic heterocycles. The summed E-state index contributed by atoms with van der Waals surface area (Å²) in [4.78, 5) is 2.60. The molecule has 1 aromatic carbocycles. The molecule has 106 valence electrons. The van der Waals surface area contributed by atoms with Crippen LogP contribution in [0.15, 0.2) is 24.3 Å². The lowest BCUT2D eigenvalue weighted by Gasteiger charge is -2.19. The van der Waals surface area contributed by atoms with Crippen molar-refractivity contribution in [2.75, 3.05) is 32.7 Å². The molecule has 0 spiro atoms. The summed E-state index contributed by atoms with van der Waals surface area (Å²) in [5, 5.41) is 3.46. The number of hydrogen-bond acceptors (Lipinski definition) is 2. The smallest absolute Gasteiger partial charge is 0.0107 e. The average molecular weight is 260 g/mol. The molecule has 0 aliphatic carbocycles. The second-order valence-corrected chi connectivity index (χ2v) is 5.62. The van der Waals surface area contributed by atoms with Gasteiger partial charge in [-0.25, -0.2) is 0 Å². The molecule has 1 aliphatic rings. The molecule has 2 rings (SSSR count). The van der Waals surface area contributed by atoms with E-state index in [1.807, 2.05) is 0 Å². The third-order valence-corrected chi connectivity index (χ3v) is 3.93. The van der Waals surface area contributed by atoms with Crippen molar-refractivity contribution >= 4 is 0 Å². The van der Waals surface area contributed by atoms with Crippen LogP contribution in [-0.4, -0.2) is 37.6 Å². The first-order valence-corrected chi connectivity index (χ1v) is 7.89. The van der Waals surface area contributed by atoms with E-state index in [0.717, 1.165) is 6.54 Å². The Hall–Kier alpha value is -0.860. The molecule has 0 radical (unpaired) electrons. The number of aryl methyl sites for hydroxylation is 2. The first kappa shape index (κ1) is 14.5. The van der Waals surface area contributed by atoms with Gasteiger partial charge in [-0.05, 0) is 56.4 Å². The molecule has 0 saturated carbocycles. The van der Waals surface area contributed by atoms with Gasteiger partial charge in [-0.2, -0.15) is 0 Å². The molecule has 1 N–H and O–H groups in total. The Balaban J connectivity index is 1.69. The third-order valence-electron chi connectivity index (χ3n) is 3.93. The van der Waals surface area contributed by atoms with E-state index in [-0.39, 0.29) is 0 Å². The summed E-state index contributed by atoms with van der Waals surface area (Å²) in [6.45, 7) is 8.32. The van der Waals surface area contributed by atoms with Gasteiger partial charge in [-0.1, -0.05) is 37.6 Å². The minimum atomic E-state index is 1.16. The van der Waals surface area contributed by atoms with E-state index in [4.69, 9.17) is 0 Å². The van der Waals surface area contributed by atoms with Crippen LogP contribution in [0, 0.1) is 0 Å². The van der Waals surface area contributed by atoms with Crippen molar-refractivity contribution in [2.45, 2.75) is 39.0 Å². The van der Waals surface area contributed by atoms with Crippen LogP contribution >= 0.6 is 0 Å². The van der Waals surface area contributed by atoms with Crippen molar-refractivity contribution in [1.82, 2.24) is 10.2 Å². The largest absolute Gasteiger partial charge is 0.315 e. The Morgan fingerprint density at radius 3 is 2.47 bits per heavy atom. The first-order valence-electron chi connectivity index (χ1n) is 7.89. The second kappa shape index (κ2) is 8.34.